The summed E-state index contributed by atoms with van der Waals surface area (Å²) in [4.78, 5) is 4.16. The molecule has 1 aromatic heterocycles. The van der Waals surface area contributed by atoms with E-state index in [1.807, 2.05) is 37.3 Å². The zero-order valence-electron chi connectivity index (χ0n) is 12.1. The maximum atomic E-state index is 8.69. The molecule has 0 aliphatic heterocycles. The lowest BCUT2D eigenvalue weighted by atomic mass is 10.2. The van der Waals surface area contributed by atoms with E-state index in [0.717, 1.165) is 17.0 Å². The van der Waals surface area contributed by atoms with Gasteiger partial charge in [-0.15, -0.1) is 0 Å². The molecule has 0 saturated heterocycles. The minimum atomic E-state index is -0.0180. The first-order valence-electron chi connectivity index (χ1n) is 6.97. The summed E-state index contributed by atoms with van der Waals surface area (Å²) in [6.07, 6.45) is 1.70. The number of hydrogen-bond acceptors (Lipinski definition) is 5. The van der Waals surface area contributed by atoms with Crippen LogP contribution < -0.4 is 14.8 Å². The van der Waals surface area contributed by atoms with E-state index in [1.54, 1.807) is 12.3 Å². The number of nitrogens with zero attached hydrogens (tertiary/aromatic N) is 1. The molecule has 0 fully saturated rings. The molecular formula is C16H20N2O3. The van der Waals surface area contributed by atoms with Crippen LogP contribution >= 0.6 is 0 Å². The summed E-state index contributed by atoms with van der Waals surface area (Å²) in [5, 5.41) is 12.0. The first-order valence-corrected chi connectivity index (χ1v) is 6.97. The largest absolute Gasteiger partial charge is 0.494 e. The van der Waals surface area contributed by atoms with E-state index in [1.165, 1.54) is 0 Å². The van der Waals surface area contributed by atoms with Crippen LogP contribution in [0.1, 0.15) is 12.5 Å². The smallest absolute Gasteiger partial charge is 0.213 e. The first kappa shape index (κ1) is 15.1. The molecule has 2 aromatic rings. The fourth-order valence-corrected chi connectivity index (χ4v) is 1.86. The number of benzene rings is 1. The van der Waals surface area contributed by atoms with Crippen LogP contribution in [0.3, 0.4) is 0 Å². The van der Waals surface area contributed by atoms with Gasteiger partial charge in [-0.3, -0.25) is 0 Å². The minimum absolute atomic E-state index is 0.0180. The maximum absolute atomic E-state index is 8.69. The van der Waals surface area contributed by atoms with Crippen LogP contribution in [0.25, 0.3) is 0 Å². The Balaban J connectivity index is 1.93. The van der Waals surface area contributed by atoms with E-state index in [0.29, 0.717) is 19.0 Å². The highest BCUT2D eigenvalue weighted by Gasteiger charge is 2.02. The normalized spacial score (nSPS) is 10.2. The zero-order valence-corrected chi connectivity index (χ0v) is 12.1. The van der Waals surface area contributed by atoms with E-state index in [4.69, 9.17) is 14.6 Å². The van der Waals surface area contributed by atoms with E-state index in [2.05, 4.69) is 10.3 Å². The standard InChI is InChI=1S/C16H20N2O3/c1-2-20-15-6-4-3-5-13(15)11-17-14-7-8-16(18-12-14)21-10-9-19/h3-8,12,17,19H,2,9-11H2,1H3. The molecule has 0 atom stereocenters. The van der Waals surface area contributed by atoms with Gasteiger partial charge in [0, 0.05) is 18.2 Å². The first-order chi connectivity index (χ1) is 10.3. The van der Waals surface area contributed by atoms with Gasteiger partial charge in [0.25, 0.3) is 0 Å². The van der Waals surface area contributed by atoms with Crippen molar-refractivity contribution in [3.63, 3.8) is 0 Å². The van der Waals surface area contributed by atoms with Gasteiger partial charge in [0.2, 0.25) is 5.88 Å². The minimum Gasteiger partial charge on any atom is -0.494 e. The highest BCUT2D eigenvalue weighted by molar-refractivity contribution is 5.44. The summed E-state index contributed by atoms with van der Waals surface area (Å²) < 4.78 is 10.8. The summed E-state index contributed by atoms with van der Waals surface area (Å²) in [6, 6.07) is 11.6. The van der Waals surface area contributed by atoms with Crippen molar-refractivity contribution in [2.75, 3.05) is 25.1 Å². The second-order valence-electron chi connectivity index (χ2n) is 4.35. The summed E-state index contributed by atoms with van der Waals surface area (Å²) in [7, 11) is 0. The van der Waals surface area contributed by atoms with Crippen molar-refractivity contribution in [1.29, 1.82) is 0 Å². The van der Waals surface area contributed by atoms with Gasteiger partial charge >= 0.3 is 0 Å². The number of anilines is 1. The topological polar surface area (TPSA) is 63.6 Å². The molecule has 0 spiro atoms. The third-order valence-electron chi connectivity index (χ3n) is 2.83. The van der Waals surface area contributed by atoms with Crippen molar-refractivity contribution in [2.45, 2.75) is 13.5 Å². The van der Waals surface area contributed by atoms with Gasteiger partial charge in [-0.05, 0) is 19.1 Å². The second kappa shape index (κ2) is 8.11. The number of aliphatic hydroxyl groups excluding tert-OH is 1. The molecule has 5 nitrogen and oxygen atoms in total. The Morgan fingerprint density at radius 2 is 2.00 bits per heavy atom. The summed E-state index contributed by atoms with van der Waals surface area (Å²) in [6.45, 7) is 3.51. The van der Waals surface area contributed by atoms with E-state index >= 15 is 0 Å². The van der Waals surface area contributed by atoms with Crippen molar-refractivity contribution < 1.29 is 14.6 Å². The predicted octanol–water partition coefficient (Wildman–Crippen LogP) is 2.46. The predicted molar refractivity (Wildman–Crippen MR) is 81.8 cm³/mol. The second-order valence-corrected chi connectivity index (χ2v) is 4.35. The van der Waals surface area contributed by atoms with Crippen LogP contribution in [0.2, 0.25) is 0 Å². The molecule has 0 radical (unpaired) electrons. The Kier molecular flexibility index (Phi) is 5.84. The van der Waals surface area contributed by atoms with Gasteiger partial charge in [0.05, 0.1) is 25.1 Å². The molecule has 0 unspecified atom stereocenters. The summed E-state index contributed by atoms with van der Waals surface area (Å²) >= 11 is 0. The number of rotatable bonds is 8. The number of hydrogen-bond donors (Lipinski definition) is 2. The molecule has 2 N–H and O–H groups in total. The Morgan fingerprint density at radius 3 is 2.71 bits per heavy atom. The zero-order chi connectivity index (χ0) is 14.9. The average molecular weight is 288 g/mol. The molecule has 0 saturated carbocycles. The van der Waals surface area contributed by atoms with E-state index in [-0.39, 0.29) is 13.2 Å². The molecule has 0 aliphatic rings. The molecule has 0 aliphatic carbocycles. The lowest BCUT2D eigenvalue weighted by molar-refractivity contribution is 0.196. The van der Waals surface area contributed by atoms with Crippen LogP contribution in [0.4, 0.5) is 5.69 Å². The van der Waals surface area contributed by atoms with Crippen molar-refractivity contribution in [1.82, 2.24) is 4.98 Å². The number of pyridine rings is 1. The third-order valence-corrected chi connectivity index (χ3v) is 2.83. The quantitative estimate of drug-likeness (QED) is 0.781. The maximum Gasteiger partial charge on any atom is 0.213 e. The van der Waals surface area contributed by atoms with Crippen LogP contribution in [0, 0.1) is 0 Å². The Bertz CT molecular complexity index is 543. The molecule has 1 aromatic carbocycles. The van der Waals surface area contributed by atoms with Crippen LogP contribution in [0.15, 0.2) is 42.6 Å². The highest BCUT2D eigenvalue weighted by atomic mass is 16.5. The van der Waals surface area contributed by atoms with Gasteiger partial charge in [-0.1, -0.05) is 18.2 Å². The molecule has 0 amide bonds. The number of aliphatic hydroxyl groups is 1. The highest BCUT2D eigenvalue weighted by Crippen LogP contribution is 2.20. The molecule has 2 rings (SSSR count). The van der Waals surface area contributed by atoms with Crippen LogP contribution in [-0.4, -0.2) is 29.9 Å². The average Bonchev–Trinajstić information content (AvgIpc) is 2.53. The van der Waals surface area contributed by atoms with Crippen molar-refractivity contribution >= 4 is 5.69 Å². The van der Waals surface area contributed by atoms with Crippen molar-refractivity contribution in [3.05, 3.63) is 48.2 Å². The molecule has 5 heteroatoms. The Morgan fingerprint density at radius 1 is 1.14 bits per heavy atom. The third kappa shape index (κ3) is 4.65. The SMILES string of the molecule is CCOc1ccccc1CNc1ccc(OCCO)nc1. The molecule has 1 heterocycles. The number of ether oxygens (including phenoxy) is 2. The summed E-state index contributed by atoms with van der Waals surface area (Å²) in [5.41, 5.74) is 2.00. The number of nitrogens with one attached hydrogen (secondary N) is 1. The lowest BCUT2D eigenvalue weighted by Crippen LogP contribution is -2.05. The fraction of sp³-hybridized carbons (Fsp3) is 0.312. The summed E-state index contributed by atoms with van der Waals surface area (Å²) in [5.74, 6) is 1.40. The van der Waals surface area contributed by atoms with Crippen LogP contribution in [0.5, 0.6) is 11.6 Å². The van der Waals surface area contributed by atoms with Crippen molar-refractivity contribution in [2.24, 2.45) is 0 Å². The Labute approximate surface area is 124 Å². The van der Waals surface area contributed by atoms with E-state index < -0.39 is 0 Å². The van der Waals surface area contributed by atoms with Gasteiger partial charge in [0.1, 0.15) is 12.4 Å². The lowest BCUT2D eigenvalue weighted by Gasteiger charge is -2.11. The van der Waals surface area contributed by atoms with Crippen LogP contribution in [-0.2, 0) is 6.54 Å². The Hall–Kier alpha value is -2.27. The molecule has 21 heavy (non-hydrogen) atoms. The molecule has 0 bridgehead atoms. The fourth-order valence-electron chi connectivity index (χ4n) is 1.86. The molecular weight excluding hydrogens is 268 g/mol. The van der Waals surface area contributed by atoms with Gasteiger partial charge in [-0.25, -0.2) is 4.98 Å². The van der Waals surface area contributed by atoms with Crippen molar-refractivity contribution in [3.8, 4) is 11.6 Å². The van der Waals surface area contributed by atoms with Gasteiger partial charge in [0.15, 0.2) is 0 Å². The van der Waals surface area contributed by atoms with E-state index in [9.17, 15) is 0 Å². The van der Waals surface area contributed by atoms with Gasteiger partial charge in [-0.2, -0.15) is 0 Å². The molecule has 112 valence electrons. The monoisotopic (exact) mass is 288 g/mol. The number of aromatic nitrogens is 1. The van der Waals surface area contributed by atoms with Gasteiger partial charge < -0.3 is 19.9 Å². The number of para-hydroxylation sites is 1.